The predicted molar refractivity (Wildman–Crippen MR) is 94.7 cm³/mol. The van der Waals surface area contributed by atoms with Gasteiger partial charge in [-0.3, -0.25) is 4.79 Å². The summed E-state index contributed by atoms with van der Waals surface area (Å²) >= 11 is 0. The van der Waals surface area contributed by atoms with Crippen molar-refractivity contribution >= 4 is 24.0 Å². The Bertz CT molecular complexity index is 759. The Hall–Kier alpha value is -1.99. The summed E-state index contributed by atoms with van der Waals surface area (Å²) in [6, 6.07) is 4.40. The van der Waals surface area contributed by atoms with Gasteiger partial charge in [0, 0.05) is 12.0 Å². The molecule has 1 aliphatic rings. The largest absolute Gasteiger partial charge is 0.334 e. The van der Waals surface area contributed by atoms with E-state index in [0.29, 0.717) is 17.8 Å². The summed E-state index contributed by atoms with van der Waals surface area (Å²) < 4.78 is 19.4. The van der Waals surface area contributed by atoms with E-state index in [1.807, 2.05) is 13.8 Å². The zero-order chi connectivity index (χ0) is 17.3. The van der Waals surface area contributed by atoms with Crippen molar-refractivity contribution < 1.29 is 13.7 Å². The Balaban J connectivity index is 0.00000225. The predicted octanol–water partition coefficient (Wildman–Crippen LogP) is 3.62. The number of nitrogens with one attached hydrogen (secondary N) is 1. The molecule has 136 valence electrons. The molecular formula is C17H22ClFN4O2. The van der Waals surface area contributed by atoms with Crippen LogP contribution in [0.4, 0.5) is 10.1 Å². The first-order chi connectivity index (χ1) is 11.4. The Morgan fingerprint density at radius 1 is 1.44 bits per heavy atom. The van der Waals surface area contributed by atoms with Crippen molar-refractivity contribution in [1.82, 2.24) is 10.1 Å². The molecule has 0 spiro atoms. The third kappa shape index (κ3) is 4.16. The van der Waals surface area contributed by atoms with Crippen molar-refractivity contribution in [3.8, 4) is 11.5 Å². The van der Waals surface area contributed by atoms with Gasteiger partial charge in [0.05, 0.1) is 11.2 Å². The average molecular weight is 369 g/mol. The second-order valence-corrected chi connectivity index (χ2v) is 6.77. The van der Waals surface area contributed by atoms with Gasteiger partial charge in [-0.25, -0.2) is 4.39 Å². The Morgan fingerprint density at radius 2 is 2.16 bits per heavy atom. The van der Waals surface area contributed by atoms with Crippen LogP contribution in [0.25, 0.3) is 11.5 Å². The topological polar surface area (TPSA) is 94.0 Å². The smallest absolute Gasteiger partial charge is 0.258 e. The third-order valence-corrected chi connectivity index (χ3v) is 4.20. The minimum Gasteiger partial charge on any atom is -0.334 e. The van der Waals surface area contributed by atoms with Gasteiger partial charge in [-0.2, -0.15) is 4.98 Å². The van der Waals surface area contributed by atoms with Crippen LogP contribution < -0.4 is 11.1 Å². The minimum absolute atomic E-state index is 0. The van der Waals surface area contributed by atoms with Crippen molar-refractivity contribution in [3.05, 3.63) is 29.8 Å². The summed E-state index contributed by atoms with van der Waals surface area (Å²) in [6.45, 7) is 3.86. The number of aromatic nitrogens is 2. The molecule has 1 saturated carbocycles. The number of carbonyl (C=O) groups excluding carboxylic acids is 1. The van der Waals surface area contributed by atoms with Crippen LogP contribution in [0.15, 0.2) is 22.7 Å². The number of hydrogen-bond acceptors (Lipinski definition) is 5. The highest BCUT2D eigenvalue weighted by atomic mass is 35.5. The molecule has 0 aliphatic heterocycles. The van der Waals surface area contributed by atoms with E-state index in [1.54, 1.807) is 6.07 Å². The van der Waals surface area contributed by atoms with E-state index >= 15 is 0 Å². The zero-order valence-corrected chi connectivity index (χ0v) is 15.0. The lowest BCUT2D eigenvalue weighted by Gasteiger charge is -2.34. The van der Waals surface area contributed by atoms with Crippen LogP contribution in [0.2, 0.25) is 0 Å². The number of nitrogens with zero attached hydrogens (tertiary/aromatic N) is 2. The van der Waals surface area contributed by atoms with E-state index < -0.39 is 11.4 Å². The summed E-state index contributed by atoms with van der Waals surface area (Å²) in [5.74, 6) is 0.126. The monoisotopic (exact) mass is 368 g/mol. The molecule has 3 N–H and O–H groups in total. The number of amides is 1. The Kier molecular flexibility index (Phi) is 5.80. The van der Waals surface area contributed by atoms with Crippen LogP contribution in [0.5, 0.6) is 0 Å². The van der Waals surface area contributed by atoms with E-state index in [-0.39, 0.29) is 35.8 Å². The van der Waals surface area contributed by atoms with Crippen molar-refractivity contribution in [1.29, 1.82) is 0 Å². The van der Waals surface area contributed by atoms with Gasteiger partial charge in [0.25, 0.3) is 5.89 Å². The summed E-state index contributed by atoms with van der Waals surface area (Å²) in [5.41, 5.74) is 6.23. The van der Waals surface area contributed by atoms with Crippen LogP contribution in [-0.4, -0.2) is 16.0 Å². The first kappa shape index (κ1) is 19.3. The van der Waals surface area contributed by atoms with Gasteiger partial charge in [-0.05, 0) is 43.4 Å². The van der Waals surface area contributed by atoms with E-state index in [1.165, 1.54) is 12.1 Å². The highest BCUT2D eigenvalue weighted by molar-refractivity contribution is 5.91. The Labute approximate surface area is 151 Å². The van der Waals surface area contributed by atoms with Crippen molar-refractivity contribution in [3.63, 3.8) is 0 Å². The number of nitrogens with two attached hydrogens (primary N) is 1. The second-order valence-electron chi connectivity index (χ2n) is 6.77. The number of benzene rings is 1. The number of anilines is 1. The molecule has 0 radical (unpaired) electrons. The number of hydrogen-bond donors (Lipinski definition) is 2. The Morgan fingerprint density at radius 3 is 2.72 bits per heavy atom. The van der Waals surface area contributed by atoms with Gasteiger partial charge < -0.3 is 15.6 Å². The number of halogens is 2. The SMILES string of the molecule is CC(C)CC(=O)Nc1ccc(-c2nc(C3(N)CCC3)no2)cc1F.Cl. The minimum atomic E-state index is -0.546. The lowest BCUT2D eigenvalue weighted by atomic mass is 9.77. The molecule has 8 heteroatoms. The summed E-state index contributed by atoms with van der Waals surface area (Å²) in [5, 5.41) is 6.48. The van der Waals surface area contributed by atoms with Gasteiger partial charge in [0.1, 0.15) is 5.82 Å². The van der Waals surface area contributed by atoms with E-state index in [2.05, 4.69) is 15.5 Å². The van der Waals surface area contributed by atoms with Gasteiger partial charge in [0.2, 0.25) is 5.91 Å². The normalized spacial score (nSPS) is 15.4. The molecule has 2 aromatic rings. The second kappa shape index (κ2) is 7.49. The third-order valence-electron chi connectivity index (χ3n) is 4.20. The quantitative estimate of drug-likeness (QED) is 0.840. The van der Waals surface area contributed by atoms with E-state index in [0.717, 1.165) is 19.3 Å². The van der Waals surface area contributed by atoms with Crippen LogP contribution >= 0.6 is 12.4 Å². The molecule has 25 heavy (non-hydrogen) atoms. The van der Waals surface area contributed by atoms with Crippen molar-refractivity contribution in [2.24, 2.45) is 11.7 Å². The van der Waals surface area contributed by atoms with Gasteiger partial charge in [0.15, 0.2) is 5.82 Å². The maximum Gasteiger partial charge on any atom is 0.258 e. The molecule has 1 aromatic heterocycles. The first-order valence-electron chi connectivity index (χ1n) is 8.10. The molecule has 1 aromatic carbocycles. The van der Waals surface area contributed by atoms with Gasteiger partial charge in [-0.15, -0.1) is 12.4 Å². The highest BCUT2D eigenvalue weighted by Crippen LogP contribution is 2.37. The fourth-order valence-corrected chi connectivity index (χ4v) is 2.65. The fraction of sp³-hybridized carbons (Fsp3) is 0.471. The first-order valence-corrected chi connectivity index (χ1v) is 8.10. The van der Waals surface area contributed by atoms with E-state index in [4.69, 9.17) is 10.3 Å². The number of carbonyl (C=O) groups is 1. The summed E-state index contributed by atoms with van der Waals surface area (Å²) in [7, 11) is 0. The molecule has 0 atom stereocenters. The average Bonchev–Trinajstić information content (AvgIpc) is 2.96. The maximum atomic E-state index is 14.2. The molecule has 6 nitrogen and oxygen atoms in total. The van der Waals surface area contributed by atoms with E-state index in [9.17, 15) is 9.18 Å². The lowest BCUT2D eigenvalue weighted by molar-refractivity contribution is -0.116. The molecule has 1 heterocycles. The van der Waals surface area contributed by atoms with Gasteiger partial charge >= 0.3 is 0 Å². The summed E-state index contributed by atoms with van der Waals surface area (Å²) in [4.78, 5) is 16.0. The maximum absolute atomic E-state index is 14.2. The van der Waals surface area contributed by atoms with Crippen LogP contribution in [0, 0.1) is 11.7 Å². The molecule has 0 unspecified atom stereocenters. The standard InChI is InChI=1S/C17H21FN4O2.ClH/c1-10(2)8-14(23)20-13-5-4-11(9-12(13)18)15-21-16(22-24-15)17(19)6-3-7-17;/h4-5,9-10H,3,6-8,19H2,1-2H3,(H,20,23);1H. The molecule has 1 fully saturated rings. The van der Waals surface area contributed by atoms with Gasteiger partial charge in [-0.1, -0.05) is 19.0 Å². The van der Waals surface area contributed by atoms with Crippen molar-refractivity contribution in [2.45, 2.75) is 45.1 Å². The fourth-order valence-electron chi connectivity index (χ4n) is 2.65. The van der Waals surface area contributed by atoms with Crippen LogP contribution in [-0.2, 0) is 10.3 Å². The molecular weight excluding hydrogens is 347 g/mol. The zero-order valence-electron chi connectivity index (χ0n) is 14.2. The summed E-state index contributed by atoms with van der Waals surface area (Å²) in [6.07, 6.45) is 3.02. The molecule has 0 bridgehead atoms. The molecule has 1 amide bonds. The molecule has 1 aliphatic carbocycles. The highest BCUT2D eigenvalue weighted by Gasteiger charge is 2.39. The number of rotatable bonds is 5. The van der Waals surface area contributed by atoms with Crippen LogP contribution in [0.3, 0.4) is 0 Å². The van der Waals surface area contributed by atoms with Crippen LogP contribution in [0.1, 0.15) is 45.4 Å². The molecule has 3 rings (SSSR count). The molecule has 0 saturated heterocycles. The lowest BCUT2D eigenvalue weighted by Crippen LogP contribution is -2.44. The van der Waals surface area contributed by atoms with Crippen molar-refractivity contribution in [2.75, 3.05) is 5.32 Å².